The van der Waals surface area contributed by atoms with Crippen LogP contribution < -0.4 is 16.4 Å². The van der Waals surface area contributed by atoms with Crippen LogP contribution in [0.15, 0.2) is 12.5 Å². The van der Waals surface area contributed by atoms with Gasteiger partial charge in [0.15, 0.2) is 0 Å². The van der Waals surface area contributed by atoms with Gasteiger partial charge < -0.3 is 31.6 Å². The second-order valence-electron chi connectivity index (χ2n) is 6.06. The van der Waals surface area contributed by atoms with E-state index < -0.39 is 48.3 Å². The molecule has 156 valence electrons. The first kappa shape index (κ1) is 23.4. The topological polar surface area (TPSA) is 187 Å². The lowest BCUT2D eigenvalue weighted by Gasteiger charge is -2.22. The van der Waals surface area contributed by atoms with Gasteiger partial charge in [0.25, 0.3) is 0 Å². The van der Waals surface area contributed by atoms with E-state index in [1.165, 1.54) is 24.3 Å². The van der Waals surface area contributed by atoms with E-state index in [-0.39, 0.29) is 19.3 Å². The molecule has 28 heavy (non-hydrogen) atoms. The highest BCUT2D eigenvalue weighted by molar-refractivity contribution is 7.98. The standard InChI is InChI=1S/C16H25N5O6S/c1-28-5-4-11(15(25)21-12(16(26)27)2-3-13(22)23)20-14(24)10(17)6-9-7-18-8-19-9/h7-8,10-12H,2-6,17H2,1H3,(H,18,19)(H,20,24)(H,21,25)(H,22,23)(H,26,27). The first-order valence-corrected chi connectivity index (χ1v) is 9.91. The number of thioether (sulfide) groups is 1. The fourth-order valence-corrected chi connectivity index (χ4v) is 2.78. The average Bonchev–Trinajstić information content (AvgIpc) is 3.14. The summed E-state index contributed by atoms with van der Waals surface area (Å²) in [4.78, 5) is 53.4. The molecule has 1 aromatic rings. The number of nitrogens with two attached hydrogens (primary N) is 1. The Morgan fingerprint density at radius 2 is 1.86 bits per heavy atom. The number of nitrogens with zero attached hydrogens (tertiary/aromatic N) is 1. The van der Waals surface area contributed by atoms with Crippen LogP contribution in [0.25, 0.3) is 0 Å². The predicted octanol–water partition coefficient (Wildman–Crippen LogP) is -1.05. The Kier molecular flexibility index (Phi) is 10.0. The lowest BCUT2D eigenvalue weighted by molar-refractivity contribution is -0.143. The molecule has 1 heterocycles. The summed E-state index contributed by atoms with van der Waals surface area (Å²) in [5.74, 6) is -3.23. The largest absolute Gasteiger partial charge is 0.481 e. The maximum Gasteiger partial charge on any atom is 0.326 e. The van der Waals surface area contributed by atoms with Gasteiger partial charge in [-0.25, -0.2) is 9.78 Å². The number of H-pyrrole nitrogens is 1. The SMILES string of the molecule is CSCCC(NC(=O)C(N)Cc1cnc[nH]1)C(=O)NC(CCC(=O)O)C(=O)O. The van der Waals surface area contributed by atoms with Gasteiger partial charge >= 0.3 is 11.9 Å². The van der Waals surface area contributed by atoms with Crippen LogP contribution in [-0.2, 0) is 25.6 Å². The molecule has 1 aromatic heterocycles. The second kappa shape index (κ2) is 12.0. The van der Waals surface area contributed by atoms with Crippen molar-refractivity contribution >= 4 is 35.5 Å². The number of carbonyl (C=O) groups is 4. The van der Waals surface area contributed by atoms with Gasteiger partial charge in [0.1, 0.15) is 12.1 Å². The zero-order chi connectivity index (χ0) is 21.1. The number of hydrogen-bond acceptors (Lipinski definition) is 7. The van der Waals surface area contributed by atoms with Crippen LogP contribution in [-0.4, -0.2) is 74.1 Å². The van der Waals surface area contributed by atoms with Crippen LogP contribution in [0.1, 0.15) is 25.0 Å². The molecular formula is C16H25N5O6S. The molecule has 11 nitrogen and oxygen atoms in total. The molecule has 1 rings (SSSR count). The third-order valence-corrected chi connectivity index (χ3v) is 4.48. The second-order valence-corrected chi connectivity index (χ2v) is 7.05. The van der Waals surface area contributed by atoms with Crippen LogP contribution in [0, 0.1) is 0 Å². The third kappa shape index (κ3) is 8.39. The van der Waals surface area contributed by atoms with Gasteiger partial charge in [-0.3, -0.25) is 14.4 Å². The molecule has 12 heteroatoms. The van der Waals surface area contributed by atoms with Crippen molar-refractivity contribution in [3.05, 3.63) is 18.2 Å². The van der Waals surface area contributed by atoms with Gasteiger partial charge in [-0.05, 0) is 24.9 Å². The van der Waals surface area contributed by atoms with Gasteiger partial charge in [0, 0.05) is 24.7 Å². The van der Waals surface area contributed by atoms with Crippen molar-refractivity contribution in [1.29, 1.82) is 0 Å². The molecule has 7 N–H and O–H groups in total. The summed E-state index contributed by atoms with van der Waals surface area (Å²) in [7, 11) is 0. The Labute approximate surface area is 165 Å². The quantitative estimate of drug-likeness (QED) is 0.234. The van der Waals surface area contributed by atoms with Crippen molar-refractivity contribution in [3.8, 4) is 0 Å². The van der Waals surface area contributed by atoms with E-state index in [0.29, 0.717) is 11.4 Å². The van der Waals surface area contributed by atoms with Crippen molar-refractivity contribution in [2.75, 3.05) is 12.0 Å². The number of imidazole rings is 1. The summed E-state index contributed by atoms with van der Waals surface area (Å²) < 4.78 is 0. The molecule has 0 saturated carbocycles. The fourth-order valence-electron chi connectivity index (χ4n) is 2.31. The number of amides is 2. The van der Waals surface area contributed by atoms with Crippen molar-refractivity contribution < 1.29 is 29.4 Å². The minimum absolute atomic E-state index is 0.194. The van der Waals surface area contributed by atoms with E-state index >= 15 is 0 Å². The lowest BCUT2D eigenvalue weighted by Crippen LogP contribution is -2.55. The first-order chi connectivity index (χ1) is 13.2. The fraction of sp³-hybridized carbons (Fsp3) is 0.562. The molecule has 0 radical (unpaired) electrons. The van der Waals surface area contributed by atoms with E-state index in [2.05, 4.69) is 20.6 Å². The molecule has 3 atom stereocenters. The number of aromatic nitrogens is 2. The van der Waals surface area contributed by atoms with E-state index in [1.54, 1.807) is 0 Å². The van der Waals surface area contributed by atoms with E-state index in [4.69, 9.17) is 10.8 Å². The molecule has 3 unspecified atom stereocenters. The number of aliphatic carboxylic acids is 2. The Bertz CT molecular complexity index is 668. The van der Waals surface area contributed by atoms with Gasteiger partial charge in [-0.2, -0.15) is 11.8 Å². The van der Waals surface area contributed by atoms with Gasteiger partial charge in [0.05, 0.1) is 12.4 Å². The van der Waals surface area contributed by atoms with Gasteiger partial charge in [0.2, 0.25) is 11.8 Å². The van der Waals surface area contributed by atoms with Crippen LogP contribution in [0.4, 0.5) is 0 Å². The van der Waals surface area contributed by atoms with E-state index in [1.807, 2.05) is 6.26 Å². The number of nitrogens with one attached hydrogen (secondary N) is 3. The molecule has 0 aliphatic carbocycles. The summed E-state index contributed by atoms with van der Waals surface area (Å²) in [6.07, 6.45) is 4.60. The van der Waals surface area contributed by atoms with Crippen LogP contribution in [0.3, 0.4) is 0 Å². The van der Waals surface area contributed by atoms with Crippen molar-refractivity contribution in [3.63, 3.8) is 0 Å². The molecule has 0 spiro atoms. The highest BCUT2D eigenvalue weighted by Gasteiger charge is 2.28. The summed E-state index contributed by atoms with van der Waals surface area (Å²) in [5.41, 5.74) is 6.52. The predicted molar refractivity (Wildman–Crippen MR) is 102 cm³/mol. The maximum atomic E-state index is 12.5. The molecular weight excluding hydrogens is 390 g/mol. The normalized spacial score (nSPS) is 13.9. The zero-order valence-corrected chi connectivity index (χ0v) is 16.2. The lowest BCUT2D eigenvalue weighted by atomic mass is 10.1. The highest BCUT2D eigenvalue weighted by Crippen LogP contribution is 2.05. The minimum Gasteiger partial charge on any atom is -0.481 e. The molecule has 2 amide bonds. The molecule has 0 aromatic carbocycles. The average molecular weight is 415 g/mol. The smallest absolute Gasteiger partial charge is 0.326 e. The van der Waals surface area contributed by atoms with E-state index in [0.717, 1.165) is 0 Å². The zero-order valence-electron chi connectivity index (χ0n) is 15.4. The Morgan fingerprint density at radius 1 is 1.18 bits per heavy atom. The molecule has 0 saturated heterocycles. The Hall–Kier alpha value is -2.60. The monoisotopic (exact) mass is 415 g/mol. The number of rotatable bonds is 13. The van der Waals surface area contributed by atoms with Gasteiger partial charge in [-0.1, -0.05) is 0 Å². The molecule has 0 fully saturated rings. The first-order valence-electron chi connectivity index (χ1n) is 8.51. The summed E-state index contributed by atoms with van der Waals surface area (Å²) in [6, 6.07) is -3.28. The van der Waals surface area contributed by atoms with Crippen LogP contribution in [0.5, 0.6) is 0 Å². The number of aromatic amines is 1. The van der Waals surface area contributed by atoms with E-state index in [9.17, 15) is 24.3 Å². The minimum atomic E-state index is -1.36. The summed E-state index contributed by atoms with van der Waals surface area (Å²) in [5, 5.41) is 22.7. The highest BCUT2D eigenvalue weighted by atomic mass is 32.2. The molecule has 0 bridgehead atoms. The summed E-state index contributed by atoms with van der Waals surface area (Å²) in [6.45, 7) is 0. The number of carboxylic acids is 2. The molecule has 0 aliphatic rings. The van der Waals surface area contributed by atoms with Crippen LogP contribution in [0.2, 0.25) is 0 Å². The Balaban J connectivity index is 2.72. The van der Waals surface area contributed by atoms with Gasteiger partial charge in [-0.15, -0.1) is 0 Å². The number of carbonyl (C=O) groups excluding carboxylic acids is 2. The van der Waals surface area contributed by atoms with Crippen molar-refractivity contribution in [2.45, 2.75) is 43.8 Å². The van der Waals surface area contributed by atoms with Crippen molar-refractivity contribution in [1.82, 2.24) is 20.6 Å². The number of carboxylic acid groups (broad SMARTS) is 2. The summed E-state index contributed by atoms with van der Waals surface area (Å²) >= 11 is 1.46. The third-order valence-electron chi connectivity index (χ3n) is 3.84. The maximum absolute atomic E-state index is 12.5. The van der Waals surface area contributed by atoms with Crippen molar-refractivity contribution in [2.24, 2.45) is 5.73 Å². The Morgan fingerprint density at radius 3 is 2.39 bits per heavy atom. The van der Waals surface area contributed by atoms with Crippen LogP contribution >= 0.6 is 11.8 Å². The molecule has 0 aliphatic heterocycles. The number of hydrogen-bond donors (Lipinski definition) is 6.